The average molecular weight is 122 g/mol. The molecule has 0 amide bonds. The van der Waals surface area contributed by atoms with Crippen LogP contribution in [0.25, 0.3) is 0 Å². The summed E-state index contributed by atoms with van der Waals surface area (Å²) in [7, 11) is 0. The fraction of sp³-hybridized carbons (Fsp3) is 0.800. The van der Waals surface area contributed by atoms with Crippen LogP contribution in [0.2, 0.25) is 0 Å². The van der Waals surface area contributed by atoms with Gasteiger partial charge < -0.3 is 4.74 Å². The molecular formula is C5H11FO2. The van der Waals surface area contributed by atoms with Crippen molar-refractivity contribution in [2.45, 2.75) is 14.4 Å². The van der Waals surface area contributed by atoms with Gasteiger partial charge in [-0.1, -0.05) is 7.43 Å². The molecule has 0 aliphatic heterocycles. The lowest BCUT2D eigenvalue weighted by Crippen LogP contribution is -2.04. The molecule has 2 nitrogen and oxygen atoms in total. The predicted molar refractivity (Wildman–Crippen MR) is 29.3 cm³/mol. The van der Waals surface area contributed by atoms with Crippen molar-refractivity contribution < 1.29 is 13.9 Å². The number of ether oxygens (including phenoxy) is 1. The fourth-order valence-corrected chi connectivity index (χ4v) is 0.200. The molecule has 0 saturated heterocycles. The van der Waals surface area contributed by atoms with Crippen molar-refractivity contribution >= 4 is 5.97 Å². The van der Waals surface area contributed by atoms with Gasteiger partial charge in [-0.3, -0.25) is 0 Å². The molecule has 0 aromatic rings. The molecular weight excluding hydrogens is 111 g/mol. The lowest BCUT2D eigenvalue weighted by molar-refractivity contribution is -0.144. The van der Waals surface area contributed by atoms with Gasteiger partial charge in [-0.2, -0.15) is 0 Å². The third-order valence-electron chi connectivity index (χ3n) is 0.414. The molecule has 0 saturated carbocycles. The summed E-state index contributed by atoms with van der Waals surface area (Å²) in [6.07, 6.45) is 0. The van der Waals surface area contributed by atoms with Gasteiger partial charge in [0, 0.05) is 0 Å². The third-order valence-corrected chi connectivity index (χ3v) is 0.414. The summed E-state index contributed by atoms with van der Waals surface area (Å²) in [6.45, 7) is 0.865. The van der Waals surface area contributed by atoms with Crippen LogP contribution in [0.4, 0.5) is 4.39 Å². The first-order valence-electron chi connectivity index (χ1n) is 2.02. The van der Waals surface area contributed by atoms with E-state index >= 15 is 0 Å². The highest BCUT2D eigenvalue weighted by Gasteiger charge is 1.94. The van der Waals surface area contributed by atoms with Gasteiger partial charge >= 0.3 is 5.97 Å². The molecule has 0 aliphatic carbocycles. The van der Waals surface area contributed by atoms with Crippen LogP contribution in [0.15, 0.2) is 0 Å². The number of carbonyl (C=O) groups is 1. The van der Waals surface area contributed by atoms with Gasteiger partial charge in [0.2, 0.25) is 0 Å². The van der Waals surface area contributed by atoms with Crippen LogP contribution in [-0.2, 0) is 9.53 Å². The minimum atomic E-state index is -1.02. The van der Waals surface area contributed by atoms with E-state index in [1.807, 2.05) is 0 Å². The van der Waals surface area contributed by atoms with E-state index in [9.17, 15) is 9.18 Å². The van der Waals surface area contributed by atoms with Gasteiger partial charge in [-0.25, -0.2) is 9.18 Å². The Labute approximate surface area is 48.6 Å². The Hall–Kier alpha value is -0.600. The van der Waals surface area contributed by atoms with Gasteiger partial charge in [-0.05, 0) is 6.92 Å². The standard InChI is InChI=1S/C4H7FO2.CH4/c1-2-7-4(6)3-5;/h2-3H2,1H3;1H4. The molecule has 0 aromatic carbocycles. The van der Waals surface area contributed by atoms with Crippen LogP contribution in [0, 0.1) is 0 Å². The molecule has 0 atom stereocenters. The summed E-state index contributed by atoms with van der Waals surface area (Å²) in [5.74, 6) is -0.789. The highest BCUT2D eigenvalue weighted by Crippen LogP contribution is 1.75. The number of carbonyl (C=O) groups excluding carboxylic acids is 1. The first kappa shape index (κ1) is 10.4. The second-order valence-corrected chi connectivity index (χ2v) is 0.939. The Morgan fingerprint density at radius 2 is 2.25 bits per heavy atom. The number of hydrogen-bond donors (Lipinski definition) is 0. The zero-order valence-electron chi connectivity index (χ0n) is 4.11. The lowest BCUT2D eigenvalue weighted by Gasteiger charge is -1.92. The summed E-state index contributed by atoms with van der Waals surface area (Å²) in [4.78, 5) is 9.81. The van der Waals surface area contributed by atoms with E-state index < -0.39 is 12.6 Å². The maximum absolute atomic E-state index is 11.1. The van der Waals surface area contributed by atoms with Crippen molar-refractivity contribution in [3.8, 4) is 0 Å². The van der Waals surface area contributed by atoms with Crippen molar-refractivity contribution in [2.75, 3.05) is 13.3 Å². The fourth-order valence-electron chi connectivity index (χ4n) is 0.200. The predicted octanol–water partition coefficient (Wildman–Crippen LogP) is 1.16. The first-order valence-corrected chi connectivity index (χ1v) is 2.02. The van der Waals surface area contributed by atoms with Crippen LogP contribution < -0.4 is 0 Å². The molecule has 0 radical (unpaired) electrons. The van der Waals surface area contributed by atoms with E-state index in [1.54, 1.807) is 6.92 Å². The van der Waals surface area contributed by atoms with Gasteiger partial charge in [0.25, 0.3) is 0 Å². The molecule has 0 N–H and O–H groups in total. The third kappa shape index (κ3) is 5.40. The molecule has 50 valence electrons. The van der Waals surface area contributed by atoms with E-state index in [4.69, 9.17) is 0 Å². The smallest absolute Gasteiger partial charge is 0.337 e. The van der Waals surface area contributed by atoms with Crippen molar-refractivity contribution in [3.63, 3.8) is 0 Å². The topological polar surface area (TPSA) is 26.3 Å². The minimum absolute atomic E-state index is 0. The van der Waals surface area contributed by atoms with Crippen molar-refractivity contribution in [2.24, 2.45) is 0 Å². The Kier molecular flexibility index (Phi) is 8.32. The maximum Gasteiger partial charge on any atom is 0.337 e. The summed E-state index contributed by atoms with van der Waals surface area (Å²) >= 11 is 0. The molecule has 0 fully saturated rings. The zero-order valence-corrected chi connectivity index (χ0v) is 4.11. The van der Waals surface area contributed by atoms with Gasteiger partial charge in [0.1, 0.15) is 0 Å². The van der Waals surface area contributed by atoms with Gasteiger partial charge in [-0.15, -0.1) is 0 Å². The molecule has 3 heteroatoms. The minimum Gasteiger partial charge on any atom is -0.464 e. The number of rotatable bonds is 2. The molecule has 8 heavy (non-hydrogen) atoms. The van der Waals surface area contributed by atoms with Crippen LogP contribution in [0.5, 0.6) is 0 Å². The van der Waals surface area contributed by atoms with E-state index in [1.165, 1.54) is 0 Å². The molecule has 0 aromatic heterocycles. The quantitative estimate of drug-likeness (QED) is 0.513. The van der Waals surface area contributed by atoms with Gasteiger partial charge in [0.15, 0.2) is 6.67 Å². The normalized spacial score (nSPS) is 7.25. The van der Waals surface area contributed by atoms with Gasteiger partial charge in [0.05, 0.1) is 6.61 Å². The Morgan fingerprint density at radius 3 is 2.38 bits per heavy atom. The number of hydrogen-bond acceptors (Lipinski definition) is 2. The number of halogens is 1. The molecule has 0 aliphatic rings. The van der Waals surface area contributed by atoms with E-state index in [0.29, 0.717) is 0 Å². The molecule has 0 rings (SSSR count). The summed E-state index contributed by atoms with van der Waals surface area (Å²) in [5.41, 5.74) is 0. The second kappa shape index (κ2) is 6.40. The molecule has 0 heterocycles. The Balaban J connectivity index is 0. The lowest BCUT2D eigenvalue weighted by atomic mass is 10.7. The Morgan fingerprint density at radius 1 is 1.75 bits per heavy atom. The van der Waals surface area contributed by atoms with Crippen molar-refractivity contribution in [1.82, 2.24) is 0 Å². The molecule has 0 unspecified atom stereocenters. The van der Waals surface area contributed by atoms with Crippen LogP contribution in [0.1, 0.15) is 14.4 Å². The second-order valence-electron chi connectivity index (χ2n) is 0.939. The zero-order chi connectivity index (χ0) is 5.70. The van der Waals surface area contributed by atoms with E-state index in [2.05, 4.69) is 4.74 Å². The largest absolute Gasteiger partial charge is 0.464 e. The monoisotopic (exact) mass is 122 g/mol. The van der Waals surface area contributed by atoms with Crippen LogP contribution >= 0.6 is 0 Å². The molecule has 0 bridgehead atoms. The van der Waals surface area contributed by atoms with Crippen molar-refractivity contribution in [1.29, 1.82) is 0 Å². The first-order chi connectivity index (χ1) is 3.31. The highest BCUT2D eigenvalue weighted by molar-refractivity contribution is 5.70. The van der Waals surface area contributed by atoms with Crippen LogP contribution in [0.3, 0.4) is 0 Å². The SMILES string of the molecule is C.CCOC(=O)CF. The Bertz CT molecular complexity index is 63.4. The molecule has 0 spiro atoms. The van der Waals surface area contributed by atoms with Crippen LogP contribution in [-0.4, -0.2) is 19.3 Å². The van der Waals surface area contributed by atoms with E-state index in [-0.39, 0.29) is 14.0 Å². The maximum atomic E-state index is 11.1. The summed E-state index contributed by atoms with van der Waals surface area (Å²) in [5, 5.41) is 0. The number of alkyl halides is 1. The summed E-state index contributed by atoms with van der Waals surface area (Å²) in [6, 6.07) is 0. The highest BCUT2D eigenvalue weighted by atomic mass is 19.1. The number of esters is 1. The van der Waals surface area contributed by atoms with Crippen molar-refractivity contribution in [3.05, 3.63) is 0 Å². The summed E-state index contributed by atoms with van der Waals surface area (Å²) < 4.78 is 15.3. The van der Waals surface area contributed by atoms with E-state index in [0.717, 1.165) is 0 Å². The average Bonchev–Trinajstić information content (AvgIpc) is 1.68.